The van der Waals surface area contributed by atoms with Crippen molar-refractivity contribution < 1.29 is 23.7 Å². The molecule has 0 bridgehead atoms. The highest BCUT2D eigenvalue weighted by Crippen LogP contribution is 2.14. The Hall–Kier alpha value is -4.27. The number of rotatable bonds is 6. The molecule has 3 rings (SSSR count). The number of hydrogen-bond donors (Lipinski definition) is 1. The van der Waals surface area contributed by atoms with Crippen LogP contribution in [-0.4, -0.2) is 23.0 Å². The summed E-state index contributed by atoms with van der Waals surface area (Å²) in [6.45, 7) is 0. The normalized spacial score (nSPS) is 10.6. The van der Waals surface area contributed by atoms with Gasteiger partial charge in [0.15, 0.2) is 0 Å². The number of nitro benzene ring substituents is 1. The lowest BCUT2D eigenvalue weighted by atomic mass is 10.2. The maximum absolute atomic E-state index is 12.0. The van der Waals surface area contributed by atoms with Crippen molar-refractivity contribution in [2.24, 2.45) is 5.10 Å². The van der Waals surface area contributed by atoms with Gasteiger partial charge in [0.25, 0.3) is 11.6 Å². The number of amides is 1. The molecular formula is C19H13N3O6. The third-order valence-electron chi connectivity index (χ3n) is 3.51. The number of ether oxygens (including phenoxy) is 1. The van der Waals surface area contributed by atoms with E-state index in [1.54, 1.807) is 30.3 Å². The molecule has 0 aliphatic carbocycles. The van der Waals surface area contributed by atoms with Crippen LogP contribution >= 0.6 is 0 Å². The highest BCUT2D eigenvalue weighted by molar-refractivity contribution is 5.95. The summed E-state index contributed by atoms with van der Waals surface area (Å²) in [5, 5.41) is 14.6. The van der Waals surface area contributed by atoms with E-state index < -0.39 is 16.8 Å². The summed E-state index contributed by atoms with van der Waals surface area (Å²) in [6, 6.07) is 14.8. The number of non-ortho nitro benzene ring substituents is 1. The summed E-state index contributed by atoms with van der Waals surface area (Å²) in [7, 11) is 0. The second kappa shape index (κ2) is 8.41. The van der Waals surface area contributed by atoms with Crippen LogP contribution in [0.2, 0.25) is 0 Å². The second-order valence-corrected chi connectivity index (χ2v) is 5.44. The first-order chi connectivity index (χ1) is 13.5. The fourth-order valence-electron chi connectivity index (χ4n) is 2.16. The second-order valence-electron chi connectivity index (χ2n) is 5.44. The molecule has 2 aromatic carbocycles. The van der Waals surface area contributed by atoms with Gasteiger partial charge in [0.05, 0.1) is 17.4 Å². The zero-order valence-corrected chi connectivity index (χ0v) is 14.3. The van der Waals surface area contributed by atoms with Crippen LogP contribution in [0.5, 0.6) is 5.75 Å². The van der Waals surface area contributed by atoms with Crippen molar-refractivity contribution in [3.05, 3.63) is 93.9 Å². The first-order valence-electron chi connectivity index (χ1n) is 7.96. The van der Waals surface area contributed by atoms with Crippen molar-refractivity contribution in [2.45, 2.75) is 0 Å². The van der Waals surface area contributed by atoms with E-state index in [4.69, 9.17) is 9.15 Å². The Morgan fingerprint density at radius 3 is 2.57 bits per heavy atom. The monoisotopic (exact) mass is 379 g/mol. The van der Waals surface area contributed by atoms with Gasteiger partial charge in [0, 0.05) is 17.7 Å². The summed E-state index contributed by atoms with van der Waals surface area (Å²) in [6.07, 6.45) is 2.76. The third-order valence-corrected chi connectivity index (χ3v) is 3.51. The van der Waals surface area contributed by atoms with E-state index in [1.165, 1.54) is 36.7 Å². The molecule has 140 valence electrons. The minimum Gasteiger partial charge on any atom is -0.457 e. The van der Waals surface area contributed by atoms with Crippen LogP contribution in [0.15, 0.2) is 76.4 Å². The number of esters is 1. The third kappa shape index (κ3) is 4.67. The lowest BCUT2D eigenvalue weighted by Crippen LogP contribution is -2.17. The van der Waals surface area contributed by atoms with Crippen molar-refractivity contribution in [3.8, 4) is 5.75 Å². The fraction of sp³-hybridized carbons (Fsp3) is 0. The van der Waals surface area contributed by atoms with Crippen molar-refractivity contribution in [3.63, 3.8) is 0 Å². The Bertz CT molecular complexity index is 1030. The van der Waals surface area contributed by atoms with E-state index in [9.17, 15) is 19.7 Å². The van der Waals surface area contributed by atoms with E-state index in [1.807, 2.05) is 0 Å². The molecule has 9 heteroatoms. The smallest absolute Gasteiger partial charge is 0.379 e. The minimum absolute atomic E-state index is 0.0921. The first-order valence-corrected chi connectivity index (χ1v) is 7.96. The van der Waals surface area contributed by atoms with E-state index >= 15 is 0 Å². The average molecular weight is 379 g/mol. The zero-order chi connectivity index (χ0) is 19.9. The molecule has 0 radical (unpaired) electrons. The van der Waals surface area contributed by atoms with E-state index in [0.29, 0.717) is 11.3 Å². The van der Waals surface area contributed by atoms with Crippen molar-refractivity contribution in [2.75, 3.05) is 0 Å². The van der Waals surface area contributed by atoms with Gasteiger partial charge in [-0.15, -0.1) is 0 Å². The molecule has 0 saturated carbocycles. The Labute approximate surface area is 158 Å². The molecular weight excluding hydrogens is 366 g/mol. The van der Waals surface area contributed by atoms with Crippen LogP contribution in [0.25, 0.3) is 0 Å². The molecule has 1 amide bonds. The lowest BCUT2D eigenvalue weighted by Gasteiger charge is -2.02. The molecule has 0 saturated heterocycles. The Morgan fingerprint density at radius 2 is 1.89 bits per heavy atom. The SMILES string of the molecule is O=C(NN=Cc1ccc(OC(=O)c2ccco2)cc1)c1cccc([N+](=O)[O-])c1. The number of carbonyl (C=O) groups excluding carboxylic acids is 2. The Morgan fingerprint density at radius 1 is 1.11 bits per heavy atom. The topological polar surface area (TPSA) is 124 Å². The molecule has 1 aromatic heterocycles. The van der Waals surface area contributed by atoms with Gasteiger partial charge in [-0.25, -0.2) is 10.2 Å². The van der Waals surface area contributed by atoms with Gasteiger partial charge in [-0.2, -0.15) is 5.10 Å². The van der Waals surface area contributed by atoms with Crippen LogP contribution in [-0.2, 0) is 0 Å². The van der Waals surface area contributed by atoms with Gasteiger partial charge in [-0.1, -0.05) is 6.07 Å². The van der Waals surface area contributed by atoms with E-state index in [-0.39, 0.29) is 17.0 Å². The van der Waals surface area contributed by atoms with Crippen LogP contribution in [0.3, 0.4) is 0 Å². The number of hydrogen-bond acceptors (Lipinski definition) is 7. The maximum Gasteiger partial charge on any atom is 0.379 e. The lowest BCUT2D eigenvalue weighted by molar-refractivity contribution is -0.384. The molecule has 0 atom stereocenters. The summed E-state index contributed by atoms with van der Waals surface area (Å²) < 4.78 is 10.1. The molecule has 3 aromatic rings. The van der Waals surface area contributed by atoms with Gasteiger partial charge in [0.1, 0.15) is 5.75 Å². The number of benzene rings is 2. The summed E-state index contributed by atoms with van der Waals surface area (Å²) in [4.78, 5) is 33.9. The summed E-state index contributed by atoms with van der Waals surface area (Å²) in [5.41, 5.74) is 2.86. The number of hydrazone groups is 1. The number of nitrogens with one attached hydrogen (secondary N) is 1. The van der Waals surface area contributed by atoms with Gasteiger partial charge in [-0.05, 0) is 48.0 Å². The molecule has 9 nitrogen and oxygen atoms in total. The molecule has 0 fully saturated rings. The largest absolute Gasteiger partial charge is 0.457 e. The quantitative estimate of drug-likeness (QED) is 0.231. The van der Waals surface area contributed by atoms with Gasteiger partial charge >= 0.3 is 5.97 Å². The van der Waals surface area contributed by atoms with E-state index in [2.05, 4.69) is 10.5 Å². The van der Waals surface area contributed by atoms with Crippen LogP contribution in [0.1, 0.15) is 26.5 Å². The highest BCUT2D eigenvalue weighted by Gasteiger charge is 2.12. The standard InChI is InChI=1S/C19H13N3O6/c23-18(14-3-1-4-15(11-14)22(25)26)21-20-12-13-6-8-16(9-7-13)28-19(24)17-5-2-10-27-17/h1-12H,(H,21,23). The first kappa shape index (κ1) is 18.5. The number of nitro groups is 1. The molecule has 0 aliphatic rings. The van der Waals surface area contributed by atoms with Gasteiger partial charge < -0.3 is 9.15 Å². The molecule has 28 heavy (non-hydrogen) atoms. The molecule has 0 aliphatic heterocycles. The summed E-state index contributed by atoms with van der Waals surface area (Å²) in [5.74, 6) is -0.784. The van der Waals surface area contributed by atoms with Crippen LogP contribution in [0.4, 0.5) is 5.69 Å². The van der Waals surface area contributed by atoms with Crippen molar-refractivity contribution >= 4 is 23.8 Å². The van der Waals surface area contributed by atoms with Crippen LogP contribution < -0.4 is 10.2 Å². The zero-order valence-electron chi connectivity index (χ0n) is 14.3. The minimum atomic E-state index is -0.615. The predicted molar refractivity (Wildman–Crippen MR) is 98.3 cm³/mol. The predicted octanol–water partition coefficient (Wildman–Crippen LogP) is 3.17. The van der Waals surface area contributed by atoms with Gasteiger partial charge in [0.2, 0.25) is 5.76 Å². The number of furan rings is 1. The highest BCUT2D eigenvalue weighted by atomic mass is 16.6. The van der Waals surface area contributed by atoms with Crippen molar-refractivity contribution in [1.82, 2.24) is 5.43 Å². The molecule has 0 spiro atoms. The Kier molecular flexibility index (Phi) is 5.56. The summed E-state index contributed by atoms with van der Waals surface area (Å²) >= 11 is 0. The molecule has 1 N–H and O–H groups in total. The fourth-order valence-corrected chi connectivity index (χ4v) is 2.16. The maximum atomic E-state index is 12.0. The molecule has 1 heterocycles. The molecule has 0 unspecified atom stereocenters. The van der Waals surface area contributed by atoms with E-state index in [0.717, 1.165) is 6.07 Å². The Balaban J connectivity index is 1.57. The average Bonchev–Trinajstić information content (AvgIpc) is 3.24. The van der Waals surface area contributed by atoms with Gasteiger partial charge in [-0.3, -0.25) is 14.9 Å². The number of carbonyl (C=O) groups is 2. The van der Waals surface area contributed by atoms with Crippen molar-refractivity contribution in [1.29, 1.82) is 0 Å². The van der Waals surface area contributed by atoms with Crippen LogP contribution in [0, 0.1) is 10.1 Å². The number of nitrogens with zero attached hydrogens (tertiary/aromatic N) is 2.